The summed E-state index contributed by atoms with van der Waals surface area (Å²) in [6, 6.07) is 4.09. The van der Waals surface area contributed by atoms with Crippen molar-refractivity contribution in [2.24, 2.45) is 11.5 Å². The number of aromatic nitrogens is 1. The quantitative estimate of drug-likeness (QED) is 0.686. The van der Waals surface area contributed by atoms with Crippen LogP contribution in [-0.2, 0) is 0 Å². The van der Waals surface area contributed by atoms with Crippen LogP contribution in [0.2, 0.25) is 0 Å². The second-order valence-corrected chi connectivity index (χ2v) is 6.76. The number of hydrogen-bond acceptors (Lipinski definition) is 7. The molecule has 1 saturated heterocycles. The molecule has 136 valence electrons. The maximum atomic E-state index is 9.40. The van der Waals surface area contributed by atoms with Crippen LogP contribution < -0.4 is 21.5 Å². The van der Waals surface area contributed by atoms with E-state index in [4.69, 9.17) is 27.8 Å². The minimum atomic E-state index is -0.124. The van der Waals surface area contributed by atoms with E-state index in [1.807, 2.05) is 6.92 Å². The van der Waals surface area contributed by atoms with Gasteiger partial charge >= 0.3 is 0 Å². The van der Waals surface area contributed by atoms with Crippen molar-refractivity contribution in [3.8, 4) is 11.9 Å². The van der Waals surface area contributed by atoms with Gasteiger partial charge in [0.2, 0.25) is 5.88 Å². The fourth-order valence-corrected chi connectivity index (χ4v) is 3.45. The number of halogens is 1. The maximum absolute atomic E-state index is 9.40. The Morgan fingerprint density at radius 2 is 2.38 bits per heavy atom. The largest absolute Gasteiger partial charge is 0.471 e. The molecule has 3 heterocycles. The average Bonchev–Trinajstić information content (AvgIpc) is 3.00. The van der Waals surface area contributed by atoms with Crippen LogP contribution in [0.4, 0.5) is 0 Å². The van der Waals surface area contributed by atoms with Gasteiger partial charge in [0.05, 0.1) is 18.3 Å². The molecule has 2 aliphatic rings. The number of nitrogens with zero attached hydrogens (tertiary/aromatic N) is 3. The highest BCUT2D eigenvalue weighted by Crippen LogP contribution is 2.30. The number of allylic oxidation sites excluding steroid dienone is 1. The lowest BCUT2D eigenvalue weighted by Crippen LogP contribution is -2.45. The van der Waals surface area contributed by atoms with Gasteiger partial charge in [0, 0.05) is 18.7 Å². The number of nitriles is 1. The molecule has 2 atom stereocenters. The van der Waals surface area contributed by atoms with Crippen LogP contribution in [0.15, 0.2) is 35.4 Å². The number of nitrogens with one attached hydrogen (secondary N) is 1. The minimum absolute atomic E-state index is 0.124. The third kappa shape index (κ3) is 3.41. The zero-order chi connectivity index (χ0) is 18.8. The predicted molar refractivity (Wildman–Crippen MR) is 101 cm³/mol. The highest BCUT2D eigenvalue weighted by Gasteiger charge is 2.38. The van der Waals surface area contributed by atoms with Crippen LogP contribution in [0, 0.1) is 18.3 Å². The minimum Gasteiger partial charge on any atom is -0.471 e. The fourth-order valence-electron chi connectivity index (χ4n) is 3.35. The highest BCUT2D eigenvalue weighted by atomic mass is 35.5. The molecular weight excluding hydrogens is 352 g/mol. The van der Waals surface area contributed by atoms with Gasteiger partial charge in [-0.2, -0.15) is 5.26 Å². The number of nitrogens with two attached hydrogens (primary N) is 2. The second kappa shape index (κ2) is 7.18. The number of hydrogen-bond donors (Lipinski definition) is 3. The predicted octanol–water partition coefficient (Wildman–Crippen LogP) is 1.50. The van der Waals surface area contributed by atoms with Gasteiger partial charge in [0.1, 0.15) is 28.7 Å². The molecule has 0 bridgehead atoms. The lowest BCUT2D eigenvalue weighted by atomic mass is 10.1. The van der Waals surface area contributed by atoms with Crippen molar-refractivity contribution < 1.29 is 4.74 Å². The third-order valence-electron chi connectivity index (χ3n) is 4.60. The molecule has 0 amide bonds. The van der Waals surface area contributed by atoms with E-state index in [2.05, 4.69) is 27.8 Å². The van der Waals surface area contributed by atoms with Crippen LogP contribution in [0.1, 0.15) is 23.2 Å². The molecule has 2 unspecified atom stereocenters. The van der Waals surface area contributed by atoms with Crippen molar-refractivity contribution in [1.29, 1.82) is 5.26 Å². The number of ether oxygens (including phenoxy) is 1. The van der Waals surface area contributed by atoms with Gasteiger partial charge in [-0.25, -0.2) is 4.98 Å². The summed E-state index contributed by atoms with van der Waals surface area (Å²) in [6.07, 6.45) is 3.97. The first kappa shape index (κ1) is 18.0. The lowest BCUT2D eigenvalue weighted by Gasteiger charge is -2.33. The first-order valence-corrected chi connectivity index (χ1v) is 8.64. The van der Waals surface area contributed by atoms with Crippen molar-refractivity contribution in [3.05, 3.63) is 52.2 Å². The second-order valence-electron chi connectivity index (χ2n) is 6.32. The Labute approximate surface area is 157 Å². The van der Waals surface area contributed by atoms with Crippen LogP contribution in [0.5, 0.6) is 5.88 Å². The molecule has 3 rings (SSSR count). The van der Waals surface area contributed by atoms with Crippen LogP contribution in [0.3, 0.4) is 0 Å². The summed E-state index contributed by atoms with van der Waals surface area (Å²) in [5, 5.41) is 12.7. The molecule has 1 aromatic rings. The van der Waals surface area contributed by atoms with E-state index in [0.717, 1.165) is 23.4 Å². The molecule has 0 saturated carbocycles. The Hall–Kier alpha value is -2.85. The van der Waals surface area contributed by atoms with Crippen molar-refractivity contribution in [3.63, 3.8) is 0 Å². The fraction of sp³-hybridized carbons (Fsp3) is 0.333. The van der Waals surface area contributed by atoms with E-state index in [9.17, 15) is 5.26 Å². The van der Waals surface area contributed by atoms with E-state index in [0.29, 0.717) is 30.4 Å². The molecular formula is C18H21ClN6O. The summed E-state index contributed by atoms with van der Waals surface area (Å²) in [4.78, 5) is 6.57. The van der Waals surface area contributed by atoms with Crippen molar-refractivity contribution in [2.75, 3.05) is 13.1 Å². The molecule has 2 aliphatic heterocycles. The van der Waals surface area contributed by atoms with Gasteiger partial charge in [-0.15, -0.1) is 0 Å². The van der Waals surface area contributed by atoms with Gasteiger partial charge < -0.3 is 26.4 Å². The smallest absolute Gasteiger partial charge is 0.232 e. The Balaban J connectivity index is 1.82. The van der Waals surface area contributed by atoms with Crippen LogP contribution >= 0.6 is 11.6 Å². The van der Waals surface area contributed by atoms with Crippen molar-refractivity contribution in [2.45, 2.75) is 25.5 Å². The number of pyridine rings is 1. The first-order chi connectivity index (χ1) is 12.4. The summed E-state index contributed by atoms with van der Waals surface area (Å²) in [5.74, 6) is 0.881. The average molecular weight is 373 g/mol. The van der Waals surface area contributed by atoms with Crippen LogP contribution in [-0.4, -0.2) is 35.1 Å². The van der Waals surface area contributed by atoms with Gasteiger partial charge in [-0.3, -0.25) is 0 Å². The van der Waals surface area contributed by atoms with Gasteiger partial charge in [-0.1, -0.05) is 24.3 Å². The monoisotopic (exact) mass is 372 g/mol. The molecule has 7 nitrogen and oxygen atoms in total. The van der Waals surface area contributed by atoms with E-state index in [-0.39, 0.29) is 17.3 Å². The molecule has 26 heavy (non-hydrogen) atoms. The van der Waals surface area contributed by atoms with E-state index in [1.165, 1.54) is 0 Å². The Kier molecular flexibility index (Phi) is 4.96. The first-order valence-electron chi connectivity index (χ1n) is 8.26. The van der Waals surface area contributed by atoms with Gasteiger partial charge in [-0.05, 0) is 24.6 Å². The summed E-state index contributed by atoms with van der Waals surface area (Å²) < 4.78 is 6.07. The highest BCUT2D eigenvalue weighted by molar-refractivity contribution is 6.29. The standard InChI is InChI=1S/C18H21ClN6O/c1-3-11-4-12(7-20)18(24-10(11)2)26-14-5-13-8-23-17(22)15(6-16(19)21)25(13)9-14/h3-4,6,13-14,23H,1,5,8-9,21-22H2,2H3/b16-6-. The molecule has 1 fully saturated rings. The molecule has 0 aliphatic carbocycles. The van der Waals surface area contributed by atoms with Crippen molar-refractivity contribution in [1.82, 2.24) is 15.2 Å². The lowest BCUT2D eigenvalue weighted by molar-refractivity contribution is 0.200. The van der Waals surface area contributed by atoms with Gasteiger partial charge in [0.15, 0.2) is 0 Å². The third-order valence-corrected chi connectivity index (χ3v) is 4.71. The molecule has 5 N–H and O–H groups in total. The zero-order valence-corrected chi connectivity index (χ0v) is 15.3. The summed E-state index contributed by atoms with van der Waals surface area (Å²) >= 11 is 5.83. The molecule has 1 aromatic heterocycles. The van der Waals surface area contributed by atoms with E-state index in [1.54, 1.807) is 18.2 Å². The normalized spacial score (nSPS) is 22.5. The van der Waals surface area contributed by atoms with Gasteiger partial charge in [0.25, 0.3) is 0 Å². The number of rotatable bonds is 4. The summed E-state index contributed by atoms with van der Waals surface area (Å²) in [7, 11) is 0. The van der Waals surface area contributed by atoms with Crippen molar-refractivity contribution >= 4 is 17.7 Å². The van der Waals surface area contributed by atoms with E-state index < -0.39 is 0 Å². The Bertz CT molecular complexity index is 837. The zero-order valence-electron chi connectivity index (χ0n) is 14.5. The maximum Gasteiger partial charge on any atom is 0.232 e. The molecule has 8 heteroatoms. The Morgan fingerprint density at radius 3 is 3.04 bits per heavy atom. The summed E-state index contributed by atoms with van der Waals surface area (Å²) in [6.45, 7) is 6.92. The SMILES string of the molecule is C=Cc1cc(C#N)c(OC2CC3CNC(N)=C(/C=C(\N)Cl)N3C2)nc1C. The number of fused-ring (bicyclic) bond motifs is 1. The molecule has 0 radical (unpaired) electrons. The topological polar surface area (TPSA) is 113 Å². The van der Waals surface area contributed by atoms with Crippen LogP contribution in [0.25, 0.3) is 6.08 Å². The Morgan fingerprint density at radius 1 is 1.62 bits per heavy atom. The summed E-state index contributed by atoms with van der Waals surface area (Å²) in [5.41, 5.74) is 14.4. The molecule has 0 spiro atoms. The van der Waals surface area contributed by atoms with E-state index >= 15 is 0 Å². The number of aryl methyl sites for hydroxylation is 1. The molecule has 0 aromatic carbocycles.